The Balaban J connectivity index is 2.02. The number of amides is 1. The van der Waals surface area contributed by atoms with Crippen LogP contribution in [-0.4, -0.2) is 23.0 Å². The highest BCUT2D eigenvalue weighted by atomic mass is 19.1. The van der Waals surface area contributed by atoms with Gasteiger partial charge in [0.05, 0.1) is 0 Å². The number of halogens is 2. The summed E-state index contributed by atoms with van der Waals surface area (Å²) in [5.41, 5.74) is -0.0833. The van der Waals surface area contributed by atoms with Crippen molar-refractivity contribution in [3.8, 4) is 0 Å². The van der Waals surface area contributed by atoms with E-state index in [0.717, 1.165) is 12.1 Å². The predicted octanol–water partition coefficient (Wildman–Crippen LogP) is 2.44. The van der Waals surface area contributed by atoms with Crippen LogP contribution in [0.4, 0.5) is 8.78 Å². The van der Waals surface area contributed by atoms with Gasteiger partial charge in [-0.2, -0.15) is 0 Å². The molecule has 114 valence electrons. The zero-order valence-corrected chi connectivity index (χ0v) is 11.6. The van der Waals surface area contributed by atoms with Crippen LogP contribution in [0.15, 0.2) is 18.2 Å². The molecule has 1 aromatic rings. The molecular formula is C15H17F2NO3. The van der Waals surface area contributed by atoms with E-state index in [1.54, 1.807) is 0 Å². The third kappa shape index (κ3) is 3.37. The summed E-state index contributed by atoms with van der Waals surface area (Å²) in [6, 6.07) is 2.63. The molecule has 21 heavy (non-hydrogen) atoms. The van der Waals surface area contributed by atoms with Gasteiger partial charge in [0.15, 0.2) is 0 Å². The maximum atomic E-state index is 13.6. The molecule has 0 saturated heterocycles. The van der Waals surface area contributed by atoms with Crippen LogP contribution in [-0.2, 0) is 9.59 Å². The number of rotatable bonds is 6. The van der Waals surface area contributed by atoms with Gasteiger partial charge in [0.25, 0.3) is 0 Å². The molecule has 2 N–H and O–H groups in total. The average molecular weight is 297 g/mol. The van der Waals surface area contributed by atoms with E-state index in [1.165, 1.54) is 6.07 Å². The van der Waals surface area contributed by atoms with Crippen molar-refractivity contribution in [3.05, 3.63) is 35.4 Å². The Morgan fingerprint density at radius 3 is 2.52 bits per heavy atom. The Labute approximate surface area is 121 Å². The van der Waals surface area contributed by atoms with Gasteiger partial charge in [-0.25, -0.2) is 13.6 Å². The third-order valence-corrected chi connectivity index (χ3v) is 3.69. The minimum Gasteiger partial charge on any atom is -0.480 e. The third-order valence-electron chi connectivity index (χ3n) is 3.69. The molecule has 0 spiro atoms. The molecule has 0 bridgehead atoms. The van der Waals surface area contributed by atoms with Crippen LogP contribution < -0.4 is 5.32 Å². The Hall–Kier alpha value is -1.98. The lowest BCUT2D eigenvalue weighted by molar-refractivity contribution is -0.142. The fourth-order valence-electron chi connectivity index (χ4n) is 2.49. The molecule has 3 unspecified atom stereocenters. The van der Waals surface area contributed by atoms with Gasteiger partial charge in [-0.3, -0.25) is 4.79 Å². The van der Waals surface area contributed by atoms with Crippen molar-refractivity contribution in [2.75, 3.05) is 0 Å². The van der Waals surface area contributed by atoms with E-state index in [0.29, 0.717) is 19.3 Å². The van der Waals surface area contributed by atoms with Gasteiger partial charge in [-0.15, -0.1) is 0 Å². The Kier molecular flexibility index (Phi) is 4.55. The minimum atomic E-state index is -1.10. The maximum absolute atomic E-state index is 13.6. The van der Waals surface area contributed by atoms with Gasteiger partial charge in [0.2, 0.25) is 5.91 Å². The summed E-state index contributed by atoms with van der Waals surface area (Å²) in [6.45, 7) is 1.82. The number of nitrogens with one attached hydrogen (secondary N) is 1. The lowest BCUT2D eigenvalue weighted by atomic mass is 10.1. The first kappa shape index (κ1) is 15.4. The van der Waals surface area contributed by atoms with Crippen LogP contribution in [0.3, 0.4) is 0 Å². The molecule has 1 fully saturated rings. The number of carboxylic acid groups (broad SMARTS) is 1. The molecule has 6 heteroatoms. The van der Waals surface area contributed by atoms with Crippen LogP contribution in [0.25, 0.3) is 0 Å². The maximum Gasteiger partial charge on any atom is 0.326 e. The Bertz CT molecular complexity index is 542. The number of benzene rings is 1. The minimum absolute atomic E-state index is 0.0833. The molecule has 0 heterocycles. The van der Waals surface area contributed by atoms with Crippen molar-refractivity contribution < 1.29 is 23.5 Å². The molecular weight excluding hydrogens is 280 g/mol. The highest BCUT2D eigenvalue weighted by Crippen LogP contribution is 2.49. The Morgan fingerprint density at radius 2 is 2.00 bits per heavy atom. The fourth-order valence-corrected chi connectivity index (χ4v) is 2.49. The first-order valence-electron chi connectivity index (χ1n) is 6.92. The summed E-state index contributed by atoms with van der Waals surface area (Å²) >= 11 is 0. The summed E-state index contributed by atoms with van der Waals surface area (Å²) < 4.78 is 27.2. The summed E-state index contributed by atoms with van der Waals surface area (Å²) in [5, 5.41) is 11.4. The zero-order chi connectivity index (χ0) is 15.6. The van der Waals surface area contributed by atoms with Gasteiger partial charge in [0, 0.05) is 17.4 Å². The second kappa shape index (κ2) is 6.20. The van der Waals surface area contributed by atoms with E-state index < -0.39 is 41.4 Å². The lowest BCUT2D eigenvalue weighted by Crippen LogP contribution is -2.41. The average Bonchev–Trinajstić information content (AvgIpc) is 3.18. The number of carboxylic acids is 1. The van der Waals surface area contributed by atoms with Gasteiger partial charge >= 0.3 is 5.97 Å². The molecule has 1 aliphatic rings. The van der Waals surface area contributed by atoms with Crippen molar-refractivity contribution in [1.29, 1.82) is 0 Å². The molecule has 4 nitrogen and oxygen atoms in total. The highest BCUT2D eigenvalue weighted by molar-refractivity contribution is 5.87. The van der Waals surface area contributed by atoms with Crippen LogP contribution >= 0.6 is 0 Å². The molecule has 1 saturated carbocycles. The molecule has 0 radical (unpaired) electrons. The summed E-state index contributed by atoms with van der Waals surface area (Å²) in [6.07, 6.45) is 1.28. The lowest BCUT2D eigenvalue weighted by Gasteiger charge is -2.13. The Morgan fingerprint density at radius 1 is 1.38 bits per heavy atom. The first-order valence-corrected chi connectivity index (χ1v) is 6.92. The van der Waals surface area contributed by atoms with Gasteiger partial charge in [-0.05, 0) is 25.0 Å². The number of hydrogen-bond acceptors (Lipinski definition) is 2. The number of hydrogen-bond donors (Lipinski definition) is 2. The number of carbonyl (C=O) groups is 2. The van der Waals surface area contributed by atoms with Crippen molar-refractivity contribution in [1.82, 2.24) is 5.32 Å². The van der Waals surface area contributed by atoms with Crippen molar-refractivity contribution in [2.45, 2.75) is 38.1 Å². The predicted molar refractivity (Wildman–Crippen MR) is 71.7 cm³/mol. The van der Waals surface area contributed by atoms with E-state index in [9.17, 15) is 18.4 Å². The second-order valence-electron chi connectivity index (χ2n) is 5.27. The van der Waals surface area contributed by atoms with E-state index in [-0.39, 0.29) is 5.56 Å². The standard InChI is InChI=1S/C15H17F2NO3/c1-2-4-12(15(20)21)18-14(19)9-7-8(9)13-10(16)5-3-6-11(13)17/h3,5-6,8-9,12H,2,4,7H2,1H3,(H,18,19)(H,20,21). The highest BCUT2D eigenvalue weighted by Gasteiger charge is 2.47. The monoisotopic (exact) mass is 297 g/mol. The van der Waals surface area contributed by atoms with Crippen molar-refractivity contribution >= 4 is 11.9 Å². The smallest absolute Gasteiger partial charge is 0.326 e. The van der Waals surface area contributed by atoms with Crippen LogP contribution in [0.5, 0.6) is 0 Å². The quantitative estimate of drug-likeness (QED) is 0.847. The summed E-state index contributed by atoms with van der Waals surface area (Å²) in [4.78, 5) is 23.0. The fraction of sp³-hybridized carbons (Fsp3) is 0.467. The second-order valence-corrected chi connectivity index (χ2v) is 5.27. The molecule has 1 amide bonds. The van der Waals surface area contributed by atoms with Crippen LogP contribution in [0, 0.1) is 17.6 Å². The van der Waals surface area contributed by atoms with Gasteiger partial charge in [-0.1, -0.05) is 19.4 Å². The number of aliphatic carboxylic acids is 1. The van der Waals surface area contributed by atoms with Crippen LogP contribution in [0.1, 0.15) is 37.7 Å². The first-order chi connectivity index (χ1) is 9.95. The number of carbonyl (C=O) groups excluding carboxylic acids is 1. The zero-order valence-electron chi connectivity index (χ0n) is 11.6. The SMILES string of the molecule is CCCC(NC(=O)C1CC1c1c(F)cccc1F)C(=O)O. The van der Waals surface area contributed by atoms with E-state index in [4.69, 9.17) is 5.11 Å². The summed E-state index contributed by atoms with van der Waals surface area (Å²) in [7, 11) is 0. The topological polar surface area (TPSA) is 66.4 Å². The molecule has 1 aliphatic carbocycles. The van der Waals surface area contributed by atoms with Gasteiger partial charge in [0.1, 0.15) is 17.7 Å². The normalized spacial score (nSPS) is 21.7. The largest absolute Gasteiger partial charge is 0.480 e. The van der Waals surface area contributed by atoms with Crippen molar-refractivity contribution in [2.24, 2.45) is 5.92 Å². The van der Waals surface area contributed by atoms with E-state index >= 15 is 0 Å². The van der Waals surface area contributed by atoms with Gasteiger partial charge < -0.3 is 10.4 Å². The molecule has 0 aliphatic heterocycles. The summed E-state index contributed by atoms with van der Waals surface area (Å²) in [5.74, 6) is -3.96. The van der Waals surface area contributed by atoms with Crippen molar-refractivity contribution in [3.63, 3.8) is 0 Å². The molecule has 0 aromatic heterocycles. The van der Waals surface area contributed by atoms with Crippen LogP contribution in [0.2, 0.25) is 0 Å². The molecule has 2 rings (SSSR count). The molecule has 1 aromatic carbocycles. The van der Waals surface area contributed by atoms with E-state index in [2.05, 4.69) is 5.32 Å². The van der Waals surface area contributed by atoms with E-state index in [1.807, 2.05) is 6.92 Å². The molecule has 3 atom stereocenters.